The molecule has 0 radical (unpaired) electrons. The van der Waals surface area contributed by atoms with E-state index < -0.39 is 0 Å². The fourth-order valence-corrected chi connectivity index (χ4v) is 8.39. The van der Waals surface area contributed by atoms with Crippen LogP contribution in [0, 0.1) is 14.4 Å². The Bertz CT molecular complexity index is 1950. The van der Waals surface area contributed by atoms with Crippen molar-refractivity contribution in [2.75, 3.05) is 11.2 Å². The molecule has 95 heavy (non-hydrogen) atoms. The second kappa shape index (κ2) is 110. The van der Waals surface area contributed by atoms with Crippen LogP contribution in [0.2, 0.25) is 0 Å². The number of hydrogen-bond acceptors (Lipinski definition) is 0. The largest absolute Gasteiger partial charge is 1.00 e. The summed E-state index contributed by atoms with van der Waals surface area (Å²) in [5.41, 5.74) is 21.9. The van der Waals surface area contributed by atoms with Gasteiger partial charge >= 0.3 is 37.7 Å². The number of alkyl halides is 2. The molecule has 0 nitrogen and oxygen atoms in total. The van der Waals surface area contributed by atoms with Crippen molar-refractivity contribution in [1.29, 1.82) is 0 Å². The summed E-state index contributed by atoms with van der Waals surface area (Å²) in [6.07, 6.45) is 29.0. The molecule has 0 bridgehead atoms. The smallest absolute Gasteiger partial charge is 0.358 e. The first-order valence-electron chi connectivity index (χ1n) is 37.5. The van der Waals surface area contributed by atoms with E-state index in [-0.39, 0.29) is 45.1 Å². The molecule has 0 saturated carbocycles. The molecule has 5 aliphatic rings. The molecule has 542 valence electrons. The minimum atomic E-state index is 0. The average Bonchev–Trinajstić information content (AvgIpc) is 0.973. The van der Waals surface area contributed by atoms with Crippen LogP contribution in [0.5, 0.6) is 0 Å². The zero-order valence-corrected chi connectivity index (χ0v) is 74.2. The fraction of sp³-hybridized carbons (Fsp3) is 0.538. The van der Waals surface area contributed by atoms with E-state index in [4.69, 9.17) is 0 Å². The summed E-state index contributed by atoms with van der Waals surface area (Å²) in [5.74, 6) is 1.81. The summed E-state index contributed by atoms with van der Waals surface area (Å²) >= 11 is 6.08. The second-order valence-electron chi connectivity index (χ2n) is 17.7. The first-order valence-corrected chi connectivity index (χ1v) is 40.2. The van der Waals surface area contributed by atoms with Crippen LogP contribution >= 0.6 is 31.9 Å². The first kappa shape index (κ1) is 125. The van der Waals surface area contributed by atoms with Gasteiger partial charge in [0.05, 0.1) is 0 Å². The molecule has 5 aromatic rings. The molecule has 0 fully saturated rings. The van der Waals surface area contributed by atoms with Crippen molar-refractivity contribution in [2.45, 2.75) is 318 Å². The van der Waals surface area contributed by atoms with Gasteiger partial charge in [0.2, 0.25) is 0 Å². The van der Waals surface area contributed by atoms with E-state index in [1.165, 1.54) is 173 Å². The van der Waals surface area contributed by atoms with Crippen LogP contribution in [-0.4, -0.2) is 11.2 Å². The van der Waals surface area contributed by atoms with E-state index in [9.17, 15) is 0 Å². The third-order valence-electron chi connectivity index (χ3n) is 12.5. The van der Waals surface area contributed by atoms with Gasteiger partial charge in [-0.2, -0.15) is 6.92 Å². The van der Waals surface area contributed by atoms with Crippen molar-refractivity contribution < 1.29 is 37.7 Å². The molecule has 0 saturated heterocycles. The zero-order valence-electron chi connectivity index (χ0n) is 71.0. The Morgan fingerprint density at radius 2 is 0.368 bits per heavy atom. The van der Waals surface area contributed by atoms with Crippen molar-refractivity contribution in [3.05, 3.63) is 222 Å². The molecular formula is C91H162Br2Li2. The number of benzene rings is 5. The van der Waals surface area contributed by atoms with Crippen LogP contribution in [0.1, 0.15) is 342 Å². The van der Waals surface area contributed by atoms with Crippen LogP contribution in [0.3, 0.4) is 0 Å². The van der Waals surface area contributed by atoms with Crippen LogP contribution < -0.4 is 37.7 Å². The van der Waals surface area contributed by atoms with Crippen molar-refractivity contribution in [3.63, 3.8) is 0 Å². The van der Waals surface area contributed by atoms with Crippen LogP contribution in [0.15, 0.2) is 152 Å². The van der Waals surface area contributed by atoms with Gasteiger partial charge in [-0.1, -0.05) is 396 Å². The minimum Gasteiger partial charge on any atom is -0.358 e. The van der Waals surface area contributed by atoms with Crippen molar-refractivity contribution in [3.8, 4) is 0 Å². The molecule has 0 N–H and O–H groups in total. The summed E-state index contributed by atoms with van der Waals surface area (Å²) < 4.78 is 0. The number of allylic oxidation sites excluding steroid dienone is 10. The van der Waals surface area contributed by atoms with E-state index in [0.717, 1.165) is 5.33 Å². The standard InChI is InChI=1S/5C11H12.2C4H10.C2H5Br.11C2H6.C2H5.CH3Br.CH3.2Li/c5*1-9-5-4-7-10-6-2-3-8-11(9)10;2*1-3-4-2;1-2-3;13*1-2;;;/h5*2-3,5-6,8H,4,7H2,1H3;2*3-4H2,1-2H3;2H2,1H3;11*1-2H3;1H2,2H3;1H3;1H3;;/q;;;;;;;;;;;;;;;;;;;-1;;-1;2*+1. The molecule has 0 aliphatic heterocycles. The van der Waals surface area contributed by atoms with Crippen molar-refractivity contribution in [1.82, 2.24) is 0 Å². The Morgan fingerprint density at radius 3 is 0.463 bits per heavy atom. The van der Waals surface area contributed by atoms with E-state index in [1.54, 1.807) is 6.92 Å². The van der Waals surface area contributed by atoms with Crippen LogP contribution in [0.4, 0.5) is 0 Å². The molecule has 0 unspecified atom stereocenters. The normalized spacial score (nSPS) is 10.6. The summed E-state index contributed by atoms with van der Waals surface area (Å²) in [5, 5.41) is 1.06. The number of halogens is 2. The fourth-order valence-electron chi connectivity index (χ4n) is 8.39. The third-order valence-corrected chi connectivity index (χ3v) is 12.5. The molecule has 5 aromatic carbocycles. The van der Waals surface area contributed by atoms with Gasteiger partial charge in [-0.25, -0.2) is 0 Å². The molecule has 0 amide bonds. The maximum absolute atomic E-state index is 3.25. The SMILES string of the molecule is CBr.CC.CC.CC.CC.CC.CC.CC.CC.CC.CC.CC.CC1=CCCc2ccccc21.CC1=CCCc2ccccc21.CC1=CCCc2ccccc21.CC1=CCCc2ccccc21.CC1=CCCc2ccccc21.CCBr.CCCC.CCCC.[CH2-]C.[CH3-].[Li+].[Li+]. The topological polar surface area (TPSA) is 0 Å². The molecule has 0 heterocycles. The van der Waals surface area contributed by atoms with Crippen molar-refractivity contribution in [2.24, 2.45) is 0 Å². The van der Waals surface area contributed by atoms with Gasteiger partial charge in [-0.15, -0.1) is 0 Å². The number of rotatable bonds is 2. The molecular weight excluding hydrogens is 1270 g/mol. The Balaban J connectivity index is -0.0000000636. The summed E-state index contributed by atoms with van der Waals surface area (Å²) in [6, 6.07) is 43.4. The van der Waals surface area contributed by atoms with E-state index >= 15 is 0 Å². The number of aryl methyl sites for hydroxylation is 5. The van der Waals surface area contributed by atoms with Crippen molar-refractivity contribution >= 4 is 59.7 Å². The van der Waals surface area contributed by atoms with Crippen LogP contribution in [0.25, 0.3) is 27.9 Å². The Hall–Kier alpha value is -3.05. The van der Waals surface area contributed by atoms with Gasteiger partial charge < -0.3 is 14.4 Å². The monoisotopic (exact) mass is 1430 g/mol. The zero-order chi connectivity index (χ0) is 73.9. The van der Waals surface area contributed by atoms with E-state index in [2.05, 4.69) is 253 Å². The Kier molecular flexibility index (Phi) is 144. The number of unbranched alkanes of at least 4 members (excludes halogenated alkanes) is 2. The maximum atomic E-state index is 3.25. The van der Waals surface area contributed by atoms with Gasteiger partial charge in [0.15, 0.2) is 0 Å². The second-order valence-corrected chi connectivity index (χ2v) is 18.8. The summed E-state index contributed by atoms with van der Waals surface area (Å²) in [4.78, 5) is 0. The van der Waals surface area contributed by atoms with Gasteiger partial charge in [0.1, 0.15) is 0 Å². The van der Waals surface area contributed by atoms with Gasteiger partial charge in [-0.05, 0) is 188 Å². The number of hydrogen-bond donors (Lipinski definition) is 0. The van der Waals surface area contributed by atoms with Gasteiger partial charge in [0.25, 0.3) is 0 Å². The first-order chi connectivity index (χ1) is 45.1. The molecule has 5 aliphatic carbocycles. The molecule has 4 heteroatoms. The maximum Gasteiger partial charge on any atom is 1.00 e. The van der Waals surface area contributed by atoms with Gasteiger partial charge in [0, 0.05) is 5.33 Å². The number of fused-ring (bicyclic) bond motifs is 5. The minimum absolute atomic E-state index is 0. The van der Waals surface area contributed by atoms with E-state index in [1.807, 2.05) is 165 Å². The quantitative estimate of drug-likeness (QED) is 0.0939. The molecule has 10 rings (SSSR count). The Morgan fingerprint density at radius 1 is 0.263 bits per heavy atom. The summed E-state index contributed by atoms with van der Waals surface area (Å²) in [6.45, 7) is 70.7. The molecule has 0 atom stereocenters. The van der Waals surface area contributed by atoms with Crippen LogP contribution in [-0.2, 0) is 32.1 Å². The summed E-state index contributed by atoms with van der Waals surface area (Å²) in [7, 11) is 0. The predicted octanol–water partition coefficient (Wildman–Crippen LogP) is 27.8. The predicted molar refractivity (Wildman–Crippen MR) is 460 cm³/mol. The molecule has 0 aromatic heterocycles. The third kappa shape index (κ3) is 66.6. The Labute approximate surface area is 643 Å². The average molecular weight is 1430 g/mol. The molecule has 0 spiro atoms. The van der Waals surface area contributed by atoms with Gasteiger partial charge in [-0.3, -0.25) is 0 Å². The van der Waals surface area contributed by atoms with E-state index in [0.29, 0.717) is 0 Å².